The van der Waals surface area contributed by atoms with Crippen LogP contribution in [0.25, 0.3) is 0 Å². The predicted molar refractivity (Wildman–Crippen MR) is 102 cm³/mol. The van der Waals surface area contributed by atoms with Crippen molar-refractivity contribution in [2.75, 3.05) is 0 Å². The summed E-state index contributed by atoms with van der Waals surface area (Å²) >= 11 is 1.47. The topological polar surface area (TPSA) is 92.3 Å². The van der Waals surface area contributed by atoms with E-state index < -0.39 is 20.0 Å². The van der Waals surface area contributed by atoms with Crippen molar-refractivity contribution in [2.24, 2.45) is 0 Å². The maximum Gasteiger partial charge on any atom is 0.240 e. The summed E-state index contributed by atoms with van der Waals surface area (Å²) in [6, 6.07) is 8.99. The molecule has 2 aromatic rings. The van der Waals surface area contributed by atoms with Crippen LogP contribution in [0.15, 0.2) is 51.6 Å². The fourth-order valence-corrected chi connectivity index (χ4v) is 6.02. The molecule has 1 heterocycles. The van der Waals surface area contributed by atoms with E-state index in [1.54, 1.807) is 0 Å². The van der Waals surface area contributed by atoms with Crippen molar-refractivity contribution in [1.29, 1.82) is 0 Å². The van der Waals surface area contributed by atoms with Gasteiger partial charge in [0.2, 0.25) is 20.0 Å². The van der Waals surface area contributed by atoms with Crippen molar-refractivity contribution in [2.45, 2.75) is 54.5 Å². The van der Waals surface area contributed by atoms with E-state index >= 15 is 0 Å². The molecule has 0 radical (unpaired) electrons. The minimum atomic E-state index is -3.68. The molecule has 0 amide bonds. The molecule has 0 saturated heterocycles. The van der Waals surface area contributed by atoms with E-state index in [9.17, 15) is 16.8 Å². The van der Waals surface area contributed by atoms with Gasteiger partial charge in [0.05, 0.1) is 9.79 Å². The maximum absolute atomic E-state index is 12.5. The Labute approximate surface area is 158 Å². The van der Waals surface area contributed by atoms with Crippen molar-refractivity contribution in [3.63, 3.8) is 0 Å². The number of rotatable bonds is 7. The quantitative estimate of drug-likeness (QED) is 0.729. The van der Waals surface area contributed by atoms with E-state index in [2.05, 4.69) is 9.44 Å². The molecule has 1 saturated carbocycles. The van der Waals surface area contributed by atoms with E-state index in [1.165, 1.54) is 35.6 Å². The van der Waals surface area contributed by atoms with Gasteiger partial charge in [-0.1, -0.05) is 25.3 Å². The van der Waals surface area contributed by atoms with Crippen LogP contribution in [0.5, 0.6) is 0 Å². The van der Waals surface area contributed by atoms with Gasteiger partial charge in [-0.25, -0.2) is 26.3 Å². The Morgan fingerprint density at radius 3 is 2.08 bits per heavy atom. The normalized spacial score (nSPS) is 16.6. The van der Waals surface area contributed by atoms with Crippen molar-refractivity contribution in [1.82, 2.24) is 9.44 Å². The summed E-state index contributed by atoms with van der Waals surface area (Å²) in [4.78, 5) is 1.04. The first-order chi connectivity index (χ1) is 12.4. The highest BCUT2D eigenvalue weighted by atomic mass is 32.2. The minimum Gasteiger partial charge on any atom is -0.208 e. The Bertz CT molecular complexity index is 915. The van der Waals surface area contributed by atoms with Crippen LogP contribution in [0.4, 0.5) is 0 Å². The van der Waals surface area contributed by atoms with Gasteiger partial charge in [-0.05, 0) is 48.6 Å². The number of benzene rings is 1. The summed E-state index contributed by atoms with van der Waals surface area (Å²) in [5, 5.41) is 1.88. The summed E-state index contributed by atoms with van der Waals surface area (Å²) in [6.45, 7) is 0.212. The lowest BCUT2D eigenvalue weighted by Crippen LogP contribution is -2.36. The first-order valence-electron chi connectivity index (χ1n) is 8.51. The largest absolute Gasteiger partial charge is 0.240 e. The molecule has 6 nitrogen and oxygen atoms in total. The zero-order valence-corrected chi connectivity index (χ0v) is 16.7. The van der Waals surface area contributed by atoms with Crippen molar-refractivity contribution >= 4 is 31.4 Å². The van der Waals surface area contributed by atoms with Gasteiger partial charge < -0.3 is 0 Å². The van der Waals surface area contributed by atoms with Crippen LogP contribution < -0.4 is 9.44 Å². The van der Waals surface area contributed by atoms with Crippen molar-refractivity contribution < 1.29 is 16.8 Å². The van der Waals surface area contributed by atoms with Crippen molar-refractivity contribution in [3.8, 4) is 0 Å². The molecule has 9 heteroatoms. The monoisotopic (exact) mass is 414 g/mol. The highest BCUT2D eigenvalue weighted by Crippen LogP contribution is 2.21. The smallest absolute Gasteiger partial charge is 0.208 e. The van der Waals surface area contributed by atoms with Crippen LogP contribution in [0.2, 0.25) is 0 Å². The third-order valence-electron chi connectivity index (χ3n) is 4.39. The van der Waals surface area contributed by atoms with E-state index in [4.69, 9.17) is 0 Å². The minimum absolute atomic E-state index is 0.0374. The van der Waals surface area contributed by atoms with Crippen molar-refractivity contribution in [3.05, 3.63) is 46.7 Å². The molecule has 1 aliphatic carbocycles. The Morgan fingerprint density at radius 1 is 0.885 bits per heavy atom. The first kappa shape index (κ1) is 19.5. The lowest BCUT2D eigenvalue weighted by molar-refractivity contribution is 0.412. The van der Waals surface area contributed by atoms with Gasteiger partial charge in [-0.3, -0.25) is 0 Å². The number of nitrogens with one attached hydrogen (secondary N) is 2. The SMILES string of the molecule is O=S(=O)(NCc1cccs1)c1ccc(S(=O)(=O)NC2CCCCC2)cc1. The van der Waals surface area contributed by atoms with Gasteiger partial charge in [0.25, 0.3) is 0 Å². The third-order valence-corrected chi connectivity index (χ3v) is 8.22. The molecule has 26 heavy (non-hydrogen) atoms. The van der Waals surface area contributed by atoms with Gasteiger partial charge in [-0.2, -0.15) is 0 Å². The Morgan fingerprint density at radius 2 is 1.50 bits per heavy atom. The van der Waals surface area contributed by atoms with Gasteiger partial charge in [0, 0.05) is 17.5 Å². The molecular weight excluding hydrogens is 392 g/mol. The average molecular weight is 415 g/mol. The summed E-state index contributed by atoms with van der Waals surface area (Å²) in [7, 11) is -7.32. The van der Waals surface area contributed by atoms with Crippen LogP contribution >= 0.6 is 11.3 Å². The van der Waals surface area contributed by atoms with Gasteiger partial charge in [0.1, 0.15) is 0 Å². The third kappa shape index (κ3) is 4.92. The second-order valence-electron chi connectivity index (χ2n) is 6.33. The molecule has 0 atom stereocenters. The second-order valence-corrected chi connectivity index (χ2v) is 10.8. The molecular formula is C17H22N2O4S3. The predicted octanol–water partition coefficient (Wildman–Crippen LogP) is 2.84. The molecule has 3 rings (SSSR count). The summed E-state index contributed by atoms with van der Waals surface area (Å²) < 4.78 is 54.8. The van der Waals surface area contributed by atoms with Crippen LogP contribution in [-0.2, 0) is 26.6 Å². The lowest BCUT2D eigenvalue weighted by atomic mass is 9.96. The zero-order chi connectivity index (χ0) is 18.6. The maximum atomic E-state index is 12.5. The number of thiophene rings is 1. The highest BCUT2D eigenvalue weighted by Gasteiger charge is 2.22. The Hall–Kier alpha value is -1.26. The van der Waals surface area contributed by atoms with Crippen LogP contribution in [-0.4, -0.2) is 22.9 Å². The van der Waals surface area contributed by atoms with E-state index in [0.717, 1.165) is 37.0 Å². The second kappa shape index (κ2) is 8.18. The Balaban J connectivity index is 1.68. The van der Waals surface area contributed by atoms with Gasteiger partial charge in [0.15, 0.2) is 0 Å². The molecule has 1 aromatic heterocycles. The molecule has 0 unspecified atom stereocenters. The van der Waals surface area contributed by atoms with E-state index in [1.807, 2.05) is 17.5 Å². The van der Waals surface area contributed by atoms with E-state index in [0.29, 0.717) is 0 Å². The first-order valence-corrected chi connectivity index (χ1v) is 12.4. The standard InChI is InChI=1S/C17H22N2O4S3/c20-25(21,18-13-15-7-4-12-24-15)16-8-10-17(11-9-16)26(22,23)19-14-5-2-1-3-6-14/h4,7-12,14,18-19H,1-3,5-6,13H2. The number of sulfonamides is 2. The molecule has 2 N–H and O–H groups in total. The van der Waals surface area contributed by atoms with E-state index in [-0.39, 0.29) is 22.4 Å². The lowest BCUT2D eigenvalue weighted by Gasteiger charge is -2.22. The van der Waals surface area contributed by atoms with Crippen LogP contribution in [0.3, 0.4) is 0 Å². The van der Waals surface area contributed by atoms with Crippen LogP contribution in [0.1, 0.15) is 37.0 Å². The Kier molecular flexibility index (Phi) is 6.13. The number of hydrogen-bond acceptors (Lipinski definition) is 5. The molecule has 0 spiro atoms. The molecule has 1 aromatic carbocycles. The molecule has 0 aliphatic heterocycles. The molecule has 142 valence electrons. The summed E-state index contributed by atoms with van der Waals surface area (Å²) in [5.74, 6) is 0. The fraction of sp³-hybridized carbons (Fsp3) is 0.412. The van der Waals surface area contributed by atoms with Crippen LogP contribution in [0, 0.1) is 0 Å². The fourth-order valence-electron chi connectivity index (χ4n) is 2.97. The summed E-state index contributed by atoms with van der Waals surface area (Å²) in [5.41, 5.74) is 0. The molecule has 0 bridgehead atoms. The number of hydrogen-bond donors (Lipinski definition) is 2. The molecule has 1 aliphatic rings. The highest BCUT2D eigenvalue weighted by molar-refractivity contribution is 7.90. The van der Waals surface area contributed by atoms with Gasteiger partial charge in [-0.15, -0.1) is 11.3 Å². The summed E-state index contributed by atoms with van der Waals surface area (Å²) in [6.07, 6.45) is 4.89. The van der Waals surface area contributed by atoms with Gasteiger partial charge >= 0.3 is 0 Å². The zero-order valence-electron chi connectivity index (χ0n) is 14.2. The molecule has 1 fully saturated rings. The average Bonchev–Trinajstić information content (AvgIpc) is 3.14.